The van der Waals surface area contributed by atoms with Crippen LogP contribution in [0.2, 0.25) is 0 Å². The van der Waals surface area contributed by atoms with Crippen LogP contribution in [0.25, 0.3) is 11.3 Å². The molecule has 1 aliphatic heterocycles. The fourth-order valence-electron chi connectivity index (χ4n) is 2.21. The fourth-order valence-corrected chi connectivity index (χ4v) is 3.07. The molecule has 1 aromatic heterocycles. The lowest BCUT2D eigenvalue weighted by molar-refractivity contribution is -0.117. The van der Waals surface area contributed by atoms with E-state index in [0.717, 1.165) is 16.4 Å². The first-order chi connectivity index (χ1) is 9.28. The molecule has 0 N–H and O–H groups in total. The van der Waals surface area contributed by atoms with E-state index in [9.17, 15) is 4.79 Å². The number of aromatic nitrogens is 1. The van der Waals surface area contributed by atoms with Gasteiger partial charge in [0.2, 0.25) is 5.91 Å². The molecule has 2 heterocycles. The Morgan fingerprint density at radius 2 is 2.16 bits per heavy atom. The van der Waals surface area contributed by atoms with Gasteiger partial charge in [0.15, 0.2) is 5.13 Å². The van der Waals surface area contributed by atoms with E-state index < -0.39 is 0 Å². The first-order valence-electron chi connectivity index (χ1n) is 6.22. The van der Waals surface area contributed by atoms with E-state index in [0.29, 0.717) is 13.0 Å². The number of hydrogen-bond donors (Lipinski definition) is 0. The number of carbonyl (C=O) groups is 1. The second-order valence-electron chi connectivity index (χ2n) is 4.59. The summed E-state index contributed by atoms with van der Waals surface area (Å²) in [5.74, 6) is 0.385. The molecule has 3 nitrogen and oxygen atoms in total. The van der Waals surface area contributed by atoms with E-state index in [2.05, 4.69) is 11.6 Å². The van der Waals surface area contributed by atoms with E-state index in [1.54, 1.807) is 4.90 Å². The highest BCUT2D eigenvalue weighted by molar-refractivity contribution is 7.14. The minimum Gasteiger partial charge on any atom is -0.287 e. The third-order valence-electron chi connectivity index (χ3n) is 3.28. The van der Waals surface area contributed by atoms with Crippen molar-refractivity contribution in [1.82, 2.24) is 4.98 Å². The van der Waals surface area contributed by atoms with Crippen molar-refractivity contribution < 1.29 is 4.79 Å². The van der Waals surface area contributed by atoms with Gasteiger partial charge in [-0.15, -0.1) is 17.9 Å². The van der Waals surface area contributed by atoms with Crippen LogP contribution >= 0.6 is 11.3 Å². The van der Waals surface area contributed by atoms with Crippen molar-refractivity contribution in [2.24, 2.45) is 5.92 Å². The Kier molecular flexibility index (Phi) is 3.17. The number of rotatable bonds is 3. The molecule has 0 aliphatic carbocycles. The van der Waals surface area contributed by atoms with Crippen LogP contribution in [0.4, 0.5) is 5.13 Å². The molecular formula is C15H14N2OS. The van der Waals surface area contributed by atoms with Gasteiger partial charge in [-0.2, -0.15) is 0 Å². The summed E-state index contributed by atoms with van der Waals surface area (Å²) >= 11 is 1.52. The average molecular weight is 270 g/mol. The quantitative estimate of drug-likeness (QED) is 0.801. The number of benzene rings is 1. The summed E-state index contributed by atoms with van der Waals surface area (Å²) in [6.45, 7) is 4.46. The number of nitrogens with zero attached hydrogens (tertiary/aromatic N) is 2. The van der Waals surface area contributed by atoms with Crippen LogP contribution in [0.1, 0.15) is 6.42 Å². The average Bonchev–Trinajstić information content (AvgIpc) is 3.06. The minimum atomic E-state index is 0.138. The zero-order valence-corrected chi connectivity index (χ0v) is 11.3. The van der Waals surface area contributed by atoms with Gasteiger partial charge >= 0.3 is 0 Å². The molecule has 1 fully saturated rings. The highest BCUT2D eigenvalue weighted by atomic mass is 32.1. The Hall–Kier alpha value is -1.94. The summed E-state index contributed by atoms with van der Waals surface area (Å²) in [6, 6.07) is 10.0. The second-order valence-corrected chi connectivity index (χ2v) is 5.42. The molecule has 1 aliphatic rings. The molecule has 0 bridgehead atoms. The summed E-state index contributed by atoms with van der Waals surface area (Å²) in [5.41, 5.74) is 2.01. The molecule has 1 saturated heterocycles. The maximum atomic E-state index is 11.9. The van der Waals surface area contributed by atoms with Crippen molar-refractivity contribution in [3.63, 3.8) is 0 Å². The van der Waals surface area contributed by atoms with Gasteiger partial charge in [-0.3, -0.25) is 9.69 Å². The molecule has 3 rings (SSSR count). The number of hydrogen-bond acceptors (Lipinski definition) is 3. The Labute approximate surface area is 116 Å². The van der Waals surface area contributed by atoms with Gasteiger partial charge in [0.1, 0.15) is 0 Å². The maximum absolute atomic E-state index is 11.9. The zero-order chi connectivity index (χ0) is 13.2. The van der Waals surface area contributed by atoms with Crippen molar-refractivity contribution in [2.75, 3.05) is 11.4 Å². The molecule has 2 aromatic rings. The van der Waals surface area contributed by atoms with Gasteiger partial charge in [-0.1, -0.05) is 36.4 Å². The van der Waals surface area contributed by atoms with Crippen LogP contribution in [0.5, 0.6) is 0 Å². The van der Waals surface area contributed by atoms with E-state index in [-0.39, 0.29) is 11.8 Å². The Morgan fingerprint density at radius 3 is 2.84 bits per heavy atom. The fraction of sp³-hybridized carbons (Fsp3) is 0.200. The highest BCUT2D eigenvalue weighted by Crippen LogP contribution is 2.31. The van der Waals surface area contributed by atoms with Crippen molar-refractivity contribution in [3.05, 3.63) is 48.4 Å². The normalized spacial score (nSPS) is 18.8. The minimum absolute atomic E-state index is 0.138. The molecule has 1 atom stereocenters. The summed E-state index contributed by atoms with van der Waals surface area (Å²) in [5, 5.41) is 2.78. The summed E-state index contributed by atoms with van der Waals surface area (Å²) in [6.07, 6.45) is 2.40. The van der Waals surface area contributed by atoms with Crippen molar-refractivity contribution in [1.29, 1.82) is 0 Å². The number of anilines is 1. The molecule has 4 heteroatoms. The molecular weight excluding hydrogens is 256 g/mol. The first kappa shape index (κ1) is 12.1. The standard InChI is InChI=1S/C15H14N2OS/c1-2-11-8-14(18)17(9-11)15-16-13(10-19-15)12-6-4-3-5-7-12/h2-7,10-11H,1,8-9H2. The lowest BCUT2D eigenvalue weighted by Crippen LogP contribution is -2.24. The molecule has 0 saturated carbocycles. The monoisotopic (exact) mass is 270 g/mol. The van der Waals surface area contributed by atoms with E-state index in [1.165, 1.54) is 11.3 Å². The van der Waals surface area contributed by atoms with Crippen molar-refractivity contribution in [2.45, 2.75) is 6.42 Å². The van der Waals surface area contributed by atoms with Crippen LogP contribution < -0.4 is 4.90 Å². The second kappa shape index (κ2) is 4.97. The molecule has 1 amide bonds. The molecule has 96 valence electrons. The highest BCUT2D eigenvalue weighted by Gasteiger charge is 2.30. The van der Waals surface area contributed by atoms with Crippen LogP contribution in [0, 0.1) is 5.92 Å². The van der Waals surface area contributed by atoms with Gasteiger partial charge in [0.25, 0.3) is 0 Å². The number of carbonyl (C=O) groups excluding carboxylic acids is 1. The van der Waals surface area contributed by atoms with Crippen LogP contribution in [0.15, 0.2) is 48.4 Å². The predicted molar refractivity (Wildman–Crippen MR) is 78.2 cm³/mol. The number of amides is 1. The van der Waals surface area contributed by atoms with Crippen LogP contribution in [0.3, 0.4) is 0 Å². The third kappa shape index (κ3) is 2.31. The SMILES string of the molecule is C=CC1CC(=O)N(c2nc(-c3ccccc3)cs2)C1. The molecule has 1 aromatic carbocycles. The van der Waals surface area contributed by atoms with Crippen LogP contribution in [-0.2, 0) is 4.79 Å². The van der Waals surface area contributed by atoms with E-state index in [4.69, 9.17) is 0 Å². The largest absolute Gasteiger partial charge is 0.287 e. The summed E-state index contributed by atoms with van der Waals surface area (Å²) in [7, 11) is 0. The van der Waals surface area contributed by atoms with Gasteiger partial charge in [0.05, 0.1) is 5.69 Å². The predicted octanol–water partition coefficient (Wildman–Crippen LogP) is 3.35. The Bertz CT molecular complexity index is 606. The van der Waals surface area contributed by atoms with Crippen molar-refractivity contribution in [3.8, 4) is 11.3 Å². The topological polar surface area (TPSA) is 33.2 Å². The van der Waals surface area contributed by atoms with Crippen LogP contribution in [-0.4, -0.2) is 17.4 Å². The smallest absolute Gasteiger partial charge is 0.229 e. The lowest BCUT2D eigenvalue weighted by Gasteiger charge is -2.11. The molecule has 0 spiro atoms. The zero-order valence-electron chi connectivity index (χ0n) is 10.5. The van der Waals surface area contributed by atoms with Gasteiger partial charge in [0, 0.05) is 29.8 Å². The summed E-state index contributed by atoms with van der Waals surface area (Å²) in [4.78, 5) is 18.3. The maximum Gasteiger partial charge on any atom is 0.229 e. The number of thiazole rings is 1. The lowest BCUT2D eigenvalue weighted by atomic mass is 10.1. The Balaban J connectivity index is 1.86. The molecule has 1 unspecified atom stereocenters. The van der Waals surface area contributed by atoms with E-state index in [1.807, 2.05) is 41.8 Å². The summed E-state index contributed by atoms with van der Waals surface area (Å²) < 4.78 is 0. The van der Waals surface area contributed by atoms with Gasteiger partial charge in [-0.25, -0.2) is 4.98 Å². The van der Waals surface area contributed by atoms with Gasteiger partial charge < -0.3 is 0 Å². The third-order valence-corrected chi connectivity index (χ3v) is 4.14. The first-order valence-corrected chi connectivity index (χ1v) is 7.10. The van der Waals surface area contributed by atoms with Gasteiger partial charge in [-0.05, 0) is 0 Å². The Morgan fingerprint density at radius 1 is 1.37 bits per heavy atom. The van der Waals surface area contributed by atoms with E-state index >= 15 is 0 Å². The van der Waals surface area contributed by atoms with Crippen molar-refractivity contribution >= 4 is 22.4 Å². The molecule has 0 radical (unpaired) electrons. The molecule has 19 heavy (non-hydrogen) atoms.